The monoisotopic (exact) mass is 369 g/mol. The number of nitrogens with zero attached hydrogens (tertiary/aromatic N) is 3. The van der Waals surface area contributed by atoms with Crippen molar-refractivity contribution in [1.29, 1.82) is 0 Å². The molecule has 0 aromatic carbocycles. The van der Waals surface area contributed by atoms with Crippen LogP contribution in [0.25, 0.3) is 0 Å². The highest BCUT2D eigenvalue weighted by atomic mass is 35.5. The van der Waals surface area contributed by atoms with Gasteiger partial charge in [-0.05, 0) is 13.3 Å². The summed E-state index contributed by atoms with van der Waals surface area (Å²) >= 11 is 6.34. The lowest BCUT2D eigenvalue weighted by atomic mass is 9.66. The molecule has 3 aliphatic rings. The molecule has 3 saturated heterocycles. The van der Waals surface area contributed by atoms with Crippen molar-refractivity contribution in [3.05, 3.63) is 16.4 Å². The average molecular weight is 370 g/mol. The van der Waals surface area contributed by atoms with Crippen molar-refractivity contribution in [2.24, 2.45) is 18.9 Å². The Labute approximate surface area is 151 Å². The standard InChI is InChI=1S/C17H24ClN3O4/c1-10-14(18)15(19-20(10)2)16(22)21-7-11-8-25-6-4-17(11,23)12-9-24-5-3-13(12)21/h11-13,23H,3-9H2,1-2H3/t11-,12+,13-,17-/m1/s1. The number of rotatable bonds is 1. The fourth-order valence-corrected chi connectivity index (χ4v) is 4.79. The Morgan fingerprint density at radius 1 is 1.36 bits per heavy atom. The lowest BCUT2D eigenvalue weighted by Gasteiger charge is -2.57. The number of amides is 1. The third-order valence-corrected chi connectivity index (χ3v) is 6.63. The predicted molar refractivity (Wildman–Crippen MR) is 90.6 cm³/mol. The first kappa shape index (κ1) is 17.3. The second kappa shape index (κ2) is 6.23. The first-order valence-corrected chi connectivity index (χ1v) is 9.19. The van der Waals surface area contributed by atoms with E-state index in [-0.39, 0.29) is 29.5 Å². The summed E-state index contributed by atoms with van der Waals surface area (Å²) in [6.07, 6.45) is 1.31. The number of aryl methyl sites for hydroxylation is 1. The van der Waals surface area contributed by atoms with Gasteiger partial charge in [-0.15, -0.1) is 0 Å². The summed E-state index contributed by atoms with van der Waals surface area (Å²) < 4.78 is 12.9. The molecular weight excluding hydrogens is 346 g/mol. The van der Waals surface area contributed by atoms with Gasteiger partial charge in [-0.25, -0.2) is 0 Å². The average Bonchev–Trinajstić information content (AvgIpc) is 2.88. The predicted octanol–water partition coefficient (Wildman–Crippen LogP) is 1.01. The second-order valence-electron chi connectivity index (χ2n) is 7.38. The van der Waals surface area contributed by atoms with Crippen molar-refractivity contribution in [3.63, 3.8) is 0 Å². The van der Waals surface area contributed by atoms with E-state index in [0.29, 0.717) is 44.4 Å². The molecule has 138 valence electrons. The van der Waals surface area contributed by atoms with Crippen molar-refractivity contribution >= 4 is 17.5 Å². The second-order valence-corrected chi connectivity index (χ2v) is 7.76. The van der Waals surface area contributed by atoms with Crippen LogP contribution >= 0.6 is 11.6 Å². The lowest BCUT2D eigenvalue weighted by molar-refractivity contribution is -0.212. The van der Waals surface area contributed by atoms with Gasteiger partial charge in [0.1, 0.15) is 0 Å². The molecule has 7 nitrogen and oxygen atoms in total. The summed E-state index contributed by atoms with van der Waals surface area (Å²) in [5, 5.41) is 16.0. The fourth-order valence-electron chi connectivity index (χ4n) is 4.55. The largest absolute Gasteiger partial charge is 0.389 e. The van der Waals surface area contributed by atoms with E-state index < -0.39 is 5.60 Å². The van der Waals surface area contributed by atoms with Gasteiger partial charge >= 0.3 is 0 Å². The molecule has 0 radical (unpaired) electrons. The highest BCUT2D eigenvalue weighted by Crippen LogP contribution is 2.44. The minimum Gasteiger partial charge on any atom is -0.389 e. The zero-order valence-corrected chi connectivity index (χ0v) is 15.3. The number of fused-ring (bicyclic) bond motifs is 3. The minimum atomic E-state index is -0.829. The van der Waals surface area contributed by atoms with Crippen molar-refractivity contribution < 1.29 is 19.4 Å². The molecule has 0 bridgehead atoms. The molecule has 3 fully saturated rings. The summed E-state index contributed by atoms with van der Waals surface area (Å²) in [5.74, 6) is -0.383. The topological polar surface area (TPSA) is 76.8 Å². The maximum atomic E-state index is 13.2. The molecule has 0 spiro atoms. The molecule has 0 aliphatic carbocycles. The first-order chi connectivity index (χ1) is 11.9. The van der Waals surface area contributed by atoms with E-state index in [2.05, 4.69) is 5.10 Å². The Balaban J connectivity index is 1.69. The van der Waals surface area contributed by atoms with E-state index in [1.54, 1.807) is 11.7 Å². The van der Waals surface area contributed by atoms with Gasteiger partial charge in [0, 0.05) is 51.1 Å². The van der Waals surface area contributed by atoms with E-state index in [4.69, 9.17) is 21.1 Å². The Morgan fingerprint density at radius 3 is 2.84 bits per heavy atom. The number of aliphatic hydroxyl groups is 1. The van der Waals surface area contributed by atoms with Crippen LogP contribution < -0.4 is 0 Å². The van der Waals surface area contributed by atoms with E-state index >= 15 is 0 Å². The zero-order valence-electron chi connectivity index (χ0n) is 14.6. The molecule has 4 atom stereocenters. The van der Waals surface area contributed by atoms with Crippen molar-refractivity contribution in [3.8, 4) is 0 Å². The lowest BCUT2D eigenvalue weighted by Crippen LogP contribution is -2.68. The smallest absolute Gasteiger partial charge is 0.276 e. The van der Waals surface area contributed by atoms with Crippen molar-refractivity contribution in [1.82, 2.24) is 14.7 Å². The van der Waals surface area contributed by atoms with Crippen LogP contribution in [-0.2, 0) is 16.5 Å². The van der Waals surface area contributed by atoms with Crippen LogP contribution in [0.5, 0.6) is 0 Å². The fraction of sp³-hybridized carbons (Fsp3) is 0.765. The minimum absolute atomic E-state index is 0.0565. The van der Waals surface area contributed by atoms with E-state index in [1.807, 2.05) is 11.8 Å². The molecular formula is C17H24ClN3O4. The van der Waals surface area contributed by atoms with Crippen LogP contribution in [0.4, 0.5) is 0 Å². The third kappa shape index (κ3) is 2.60. The third-order valence-electron chi connectivity index (χ3n) is 6.18. The van der Waals surface area contributed by atoms with E-state index in [1.165, 1.54) is 0 Å². The molecule has 1 aromatic heterocycles. The van der Waals surface area contributed by atoms with Crippen LogP contribution in [0, 0.1) is 18.8 Å². The number of likely N-dealkylation sites (tertiary alicyclic amines) is 1. The molecule has 25 heavy (non-hydrogen) atoms. The number of aromatic nitrogens is 2. The van der Waals surface area contributed by atoms with Gasteiger partial charge in [0.15, 0.2) is 5.69 Å². The van der Waals surface area contributed by atoms with Gasteiger partial charge in [-0.1, -0.05) is 11.6 Å². The molecule has 4 heterocycles. The van der Waals surface area contributed by atoms with Gasteiger partial charge in [-0.2, -0.15) is 5.10 Å². The molecule has 3 aliphatic heterocycles. The van der Waals surface area contributed by atoms with Gasteiger partial charge in [0.2, 0.25) is 0 Å². The Kier molecular flexibility index (Phi) is 4.30. The Bertz CT molecular complexity index is 694. The van der Waals surface area contributed by atoms with Crippen LogP contribution in [0.15, 0.2) is 0 Å². The summed E-state index contributed by atoms with van der Waals surface area (Å²) in [6.45, 7) is 4.37. The summed E-state index contributed by atoms with van der Waals surface area (Å²) in [5.41, 5.74) is 0.223. The summed E-state index contributed by atoms with van der Waals surface area (Å²) in [7, 11) is 1.78. The number of hydrogen-bond acceptors (Lipinski definition) is 5. The number of ether oxygens (including phenoxy) is 2. The zero-order chi connectivity index (χ0) is 17.8. The van der Waals surface area contributed by atoms with Crippen LogP contribution in [0.1, 0.15) is 29.0 Å². The van der Waals surface area contributed by atoms with Gasteiger partial charge < -0.3 is 19.5 Å². The van der Waals surface area contributed by atoms with Crippen LogP contribution in [-0.4, -0.2) is 70.3 Å². The Morgan fingerprint density at radius 2 is 2.12 bits per heavy atom. The molecule has 0 unspecified atom stereocenters. The quantitative estimate of drug-likeness (QED) is 0.799. The van der Waals surface area contributed by atoms with Crippen LogP contribution in [0.3, 0.4) is 0 Å². The normalized spacial score (nSPS) is 35.2. The maximum absolute atomic E-state index is 13.2. The summed E-state index contributed by atoms with van der Waals surface area (Å²) in [6, 6.07) is -0.0565. The molecule has 8 heteroatoms. The van der Waals surface area contributed by atoms with Crippen molar-refractivity contribution in [2.75, 3.05) is 33.0 Å². The van der Waals surface area contributed by atoms with Crippen molar-refractivity contribution in [2.45, 2.75) is 31.4 Å². The first-order valence-electron chi connectivity index (χ1n) is 8.81. The van der Waals surface area contributed by atoms with E-state index in [9.17, 15) is 9.90 Å². The molecule has 1 aromatic rings. The van der Waals surface area contributed by atoms with Crippen LogP contribution in [0.2, 0.25) is 5.02 Å². The number of piperidine rings is 1. The number of halogens is 1. The Hall–Kier alpha value is -1.15. The van der Waals surface area contributed by atoms with Gasteiger partial charge in [0.25, 0.3) is 5.91 Å². The SMILES string of the molecule is Cc1c(Cl)c(C(=O)N2C[C@@H]3COCC[C@]3(O)[C@H]3COCC[C@H]32)nn1C. The number of carbonyl (C=O) groups is 1. The number of hydrogen-bond donors (Lipinski definition) is 1. The molecule has 1 N–H and O–H groups in total. The molecule has 4 rings (SSSR count). The molecule has 1 amide bonds. The van der Waals surface area contributed by atoms with Gasteiger partial charge in [-0.3, -0.25) is 9.48 Å². The number of carbonyl (C=O) groups excluding carboxylic acids is 1. The van der Waals surface area contributed by atoms with Gasteiger partial charge in [0.05, 0.1) is 29.5 Å². The maximum Gasteiger partial charge on any atom is 0.276 e. The van der Waals surface area contributed by atoms with E-state index in [0.717, 1.165) is 12.1 Å². The highest BCUT2D eigenvalue weighted by molar-refractivity contribution is 6.34. The highest BCUT2D eigenvalue weighted by Gasteiger charge is 2.56. The molecule has 0 saturated carbocycles. The summed E-state index contributed by atoms with van der Waals surface area (Å²) in [4.78, 5) is 15.1.